The van der Waals surface area contributed by atoms with Gasteiger partial charge in [-0.05, 0) is 18.6 Å². The number of furan rings is 1. The summed E-state index contributed by atoms with van der Waals surface area (Å²) in [6.45, 7) is 1.91. The first-order valence-corrected chi connectivity index (χ1v) is 4.14. The first-order chi connectivity index (χ1) is 6.66. The van der Waals surface area contributed by atoms with Gasteiger partial charge in [0.2, 0.25) is 5.88 Å². The van der Waals surface area contributed by atoms with E-state index in [0.29, 0.717) is 5.88 Å². The van der Waals surface area contributed by atoms with Crippen molar-refractivity contribution in [3.05, 3.63) is 30.1 Å². The zero-order valence-corrected chi connectivity index (χ0v) is 7.58. The molecule has 0 aromatic carbocycles. The molecule has 14 heavy (non-hydrogen) atoms. The number of rotatable bonds is 2. The van der Waals surface area contributed by atoms with Gasteiger partial charge < -0.3 is 14.5 Å². The molecule has 0 atom stereocenters. The van der Waals surface area contributed by atoms with Gasteiger partial charge in [-0.15, -0.1) is 0 Å². The Balaban J connectivity index is 2.33. The van der Waals surface area contributed by atoms with Gasteiger partial charge in [-0.1, -0.05) is 0 Å². The monoisotopic (exact) mass is 192 g/mol. The van der Waals surface area contributed by atoms with Gasteiger partial charge in [0.15, 0.2) is 0 Å². The molecule has 2 aromatic rings. The van der Waals surface area contributed by atoms with Gasteiger partial charge in [0, 0.05) is 12.3 Å². The molecule has 0 spiro atoms. The molecule has 0 fully saturated rings. The summed E-state index contributed by atoms with van der Waals surface area (Å²) in [5, 5.41) is 21.7. The highest BCUT2D eigenvalue weighted by Crippen LogP contribution is 2.06. The smallest absolute Gasteiger partial charge is 0.447 e. The van der Waals surface area contributed by atoms with Crippen LogP contribution in [0.1, 0.15) is 5.56 Å². The number of hydrogen-bond donors (Lipinski definition) is 2. The van der Waals surface area contributed by atoms with Gasteiger partial charge in [-0.2, -0.15) is 5.10 Å². The molecule has 0 amide bonds. The molecule has 0 saturated carbocycles. The third-order valence-corrected chi connectivity index (χ3v) is 1.80. The van der Waals surface area contributed by atoms with Crippen LogP contribution in [-0.2, 0) is 0 Å². The van der Waals surface area contributed by atoms with Crippen molar-refractivity contribution in [2.45, 2.75) is 6.92 Å². The van der Waals surface area contributed by atoms with Crippen molar-refractivity contribution in [3.63, 3.8) is 0 Å². The summed E-state index contributed by atoms with van der Waals surface area (Å²) < 4.78 is 6.67. The van der Waals surface area contributed by atoms with Crippen LogP contribution in [0.15, 0.2) is 28.9 Å². The van der Waals surface area contributed by atoms with Crippen molar-refractivity contribution in [1.82, 2.24) is 9.78 Å². The average molecular weight is 192 g/mol. The van der Waals surface area contributed by atoms with Crippen molar-refractivity contribution >= 4 is 12.8 Å². The highest BCUT2D eigenvalue weighted by Gasteiger charge is 2.16. The Morgan fingerprint density at radius 1 is 1.43 bits per heavy atom. The molecule has 0 radical (unpaired) electrons. The Labute approximate surface area is 80.7 Å². The van der Waals surface area contributed by atoms with Crippen LogP contribution in [0.25, 0.3) is 5.88 Å². The second-order valence-corrected chi connectivity index (χ2v) is 3.01. The summed E-state index contributed by atoms with van der Waals surface area (Å²) in [6, 6.07) is 3.12. The zero-order valence-electron chi connectivity index (χ0n) is 7.58. The van der Waals surface area contributed by atoms with Crippen molar-refractivity contribution in [2.75, 3.05) is 0 Å². The second kappa shape index (κ2) is 3.32. The Morgan fingerprint density at radius 2 is 2.21 bits per heavy atom. The summed E-state index contributed by atoms with van der Waals surface area (Å²) in [5.41, 5.74) is 1.11. The van der Waals surface area contributed by atoms with E-state index in [2.05, 4.69) is 5.10 Å². The lowest BCUT2D eigenvalue weighted by Crippen LogP contribution is -2.28. The molecule has 0 saturated heterocycles. The van der Waals surface area contributed by atoms with E-state index in [0.717, 1.165) is 5.56 Å². The van der Waals surface area contributed by atoms with Crippen LogP contribution in [-0.4, -0.2) is 26.9 Å². The SMILES string of the molecule is Cc1cnn(-c2ccc(B(O)O)o2)c1. The van der Waals surface area contributed by atoms with Crippen LogP contribution in [0.5, 0.6) is 0 Å². The lowest BCUT2D eigenvalue weighted by molar-refractivity contribution is 0.407. The first-order valence-electron chi connectivity index (χ1n) is 4.14. The van der Waals surface area contributed by atoms with Crippen LogP contribution >= 0.6 is 0 Å². The summed E-state index contributed by atoms with van der Waals surface area (Å²) in [6.07, 6.45) is 3.48. The van der Waals surface area contributed by atoms with E-state index in [1.54, 1.807) is 18.5 Å². The Morgan fingerprint density at radius 3 is 2.71 bits per heavy atom. The molecular formula is C8H9BN2O3. The van der Waals surface area contributed by atoms with Crippen LogP contribution in [0.2, 0.25) is 0 Å². The minimum absolute atomic E-state index is 0.105. The molecule has 6 heteroatoms. The maximum absolute atomic E-state index is 8.82. The maximum Gasteiger partial charge on any atom is 0.526 e. The Kier molecular flexibility index (Phi) is 2.15. The number of hydrogen-bond acceptors (Lipinski definition) is 4. The van der Waals surface area contributed by atoms with E-state index in [1.807, 2.05) is 6.92 Å². The van der Waals surface area contributed by atoms with Crippen LogP contribution in [0.3, 0.4) is 0 Å². The van der Waals surface area contributed by atoms with E-state index in [-0.39, 0.29) is 5.66 Å². The van der Waals surface area contributed by atoms with Gasteiger partial charge in [0.05, 0.1) is 6.20 Å². The largest absolute Gasteiger partial charge is 0.526 e. The normalized spacial score (nSPS) is 10.5. The van der Waals surface area contributed by atoms with E-state index in [9.17, 15) is 0 Å². The topological polar surface area (TPSA) is 71.4 Å². The average Bonchev–Trinajstić information content (AvgIpc) is 2.70. The molecule has 0 aliphatic heterocycles. The van der Waals surface area contributed by atoms with Gasteiger partial charge in [0.25, 0.3) is 0 Å². The number of aryl methyl sites for hydroxylation is 1. The molecule has 0 aliphatic carbocycles. The van der Waals surface area contributed by atoms with Crippen LogP contribution in [0.4, 0.5) is 0 Å². The fraction of sp³-hybridized carbons (Fsp3) is 0.125. The number of aromatic nitrogens is 2. The van der Waals surface area contributed by atoms with Crippen LogP contribution in [0, 0.1) is 6.92 Å². The van der Waals surface area contributed by atoms with Crippen molar-refractivity contribution < 1.29 is 14.5 Å². The molecule has 0 bridgehead atoms. The molecule has 2 heterocycles. The molecule has 2 N–H and O–H groups in total. The Bertz CT molecular complexity index is 435. The third-order valence-electron chi connectivity index (χ3n) is 1.80. The fourth-order valence-electron chi connectivity index (χ4n) is 1.14. The summed E-state index contributed by atoms with van der Waals surface area (Å²) >= 11 is 0. The van der Waals surface area contributed by atoms with Gasteiger partial charge in [0.1, 0.15) is 5.66 Å². The summed E-state index contributed by atoms with van der Waals surface area (Å²) in [7, 11) is -1.58. The number of nitrogens with zero attached hydrogens (tertiary/aromatic N) is 2. The van der Waals surface area contributed by atoms with E-state index in [4.69, 9.17) is 14.5 Å². The standard InChI is InChI=1S/C8H9BN2O3/c1-6-4-10-11(5-6)8-3-2-7(14-8)9(12)13/h2-5,12-13H,1H3. The molecule has 2 rings (SSSR count). The molecule has 0 unspecified atom stereocenters. The Hall–Kier alpha value is -1.53. The van der Waals surface area contributed by atoms with Gasteiger partial charge >= 0.3 is 7.12 Å². The molecular weight excluding hydrogens is 183 g/mol. The minimum atomic E-state index is -1.58. The first kappa shape index (κ1) is 9.05. The van der Waals surface area contributed by atoms with Crippen LogP contribution < -0.4 is 5.66 Å². The van der Waals surface area contributed by atoms with Crippen molar-refractivity contribution in [2.24, 2.45) is 0 Å². The lowest BCUT2D eigenvalue weighted by atomic mass is 9.88. The highest BCUT2D eigenvalue weighted by atomic mass is 16.4. The quantitative estimate of drug-likeness (QED) is 0.626. The molecule has 2 aromatic heterocycles. The van der Waals surface area contributed by atoms with E-state index < -0.39 is 7.12 Å². The third kappa shape index (κ3) is 1.57. The minimum Gasteiger partial charge on any atom is -0.447 e. The molecule has 5 nitrogen and oxygen atoms in total. The van der Waals surface area contributed by atoms with Crippen molar-refractivity contribution in [3.8, 4) is 5.88 Å². The van der Waals surface area contributed by atoms with E-state index >= 15 is 0 Å². The predicted octanol–water partition coefficient (Wildman–Crippen LogP) is -0.546. The highest BCUT2D eigenvalue weighted by molar-refractivity contribution is 6.57. The lowest BCUT2D eigenvalue weighted by Gasteiger charge is -1.95. The summed E-state index contributed by atoms with van der Waals surface area (Å²) in [5.74, 6) is 0.459. The van der Waals surface area contributed by atoms with Gasteiger partial charge in [-0.25, -0.2) is 4.68 Å². The van der Waals surface area contributed by atoms with Crippen molar-refractivity contribution in [1.29, 1.82) is 0 Å². The maximum atomic E-state index is 8.82. The van der Waals surface area contributed by atoms with Gasteiger partial charge in [-0.3, -0.25) is 0 Å². The summed E-state index contributed by atoms with van der Waals surface area (Å²) in [4.78, 5) is 0. The molecule has 72 valence electrons. The molecule has 0 aliphatic rings. The fourth-order valence-corrected chi connectivity index (χ4v) is 1.14. The second-order valence-electron chi connectivity index (χ2n) is 3.01. The zero-order chi connectivity index (χ0) is 10.1. The van der Waals surface area contributed by atoms with E-state index in [1.165, 1.54) is 10.7 Å². The predicted molar refractivity (Wildman–Crippen MR) is 50.4 cm³/mol.